The molecular formula is C21H34N4O2. The van der Waals surface area contributed by atoms with Crippen LogP contribution in [0.2, 0.25) is 0 Å². The van der Waals surface area contributed by atoms with Gasteiger partial charge in [0.1, 0.15) is 5.75 Å². The van der Waals surface area contributed by atoms with Crippen LogP contribution in [-0.2, 0) is 11.2 Å². The first-order chi connectivity index (χ1) is 12.9. The fraction of sp³-hybridized carbons (Fsp3) is 0.619. The highest BCUT2D eigenvalue weighted by Crippen LogP contribution is 2.38. The van der Waals surface area contributed by atoms with E-state index in [0.29, 0.717) is 6.54 Å². The maximum absolute atomic E-state index is 12.7. The van der Waals surface area contributed by atoms with Gasteiger partial charge in [-0.3, -0.25) is 9.79 Å². The first-order valence-corrected chi connectivity index (χ1v) is 9.71. The van der Waals surface area contributed by atoms with Gasteiger partial charge in [0.05, 0.1) is 12.5 Å². The second kappa shape index (κ2) is 9.62. The lowest BCUT2D eigenvalue weighted by atomic mass is 9.84. The highest BCUT2D eigenvalue weighted by Gasteiger charge is 2.42. The average Bonchev–Trinajstić information content (AvgIpc) is 3.15. The fourth-order valence-electron chi connectivity index (χ4n) is 3.81. The number of benzene rings is 1. The van der Waals surface area contributed by atoms with E-state index < -0.39 is 0 Å². The number of methoxy groups -OCH3 is 1. The number of carbonyl (C=O) groups is 1. The Labute approximate surface area is 163 Å². The Morgan fingerprint density at radius 3 is 2.56 bits per heavy atom. The molecule has 2 N–H and O–H groups in total. The van der Waals surface area contributed by atoms with E-state index in [9.17, 15) is 4.79 Å². The summed E-state index contributed by atoms with van der Waals surface area (Å²) in [7, 11) is 7.14. The van der Waals surface area contributed by atoms with Crippen LogP contribution in [0.5, 0.6) is 5.75 Å². The van der Waals surface area contributed by atoms with Gasteiger partial charge in [0.2, 0.25) is 5.91 Å². The van der Waals surface area contributed by atoms with Crippen LogP contribution < -0.4 is 15.4 Å². The third kappa shape index (κ3) is 5.37. The molecular weight excluding hydrogens is 340 g/mol. The van der Waals surface area contributed by atoms with Crippen LogP contribution in [0.15, 0.2) is 23.2 Å². The van der Waals surface area contributed by atoms with Gasteiger partial charge in [0, 0.05) is 34.2 Å². The van der Waals surface area contributed by atoms with Crippen LogP contribution in [0.4, 0.5) is 0 Å². The first kappa shape index (κ1) is 21.1. The molecule has 1 aromatic carbocycles. The van der Waals surface area contributed by atoms with Crippen molar-refractivity contribution in [2.75, 3.05) is 41.3 Å². The Bertz CT molecular complexity index is 664. The summed E-state index contributed by atoms with van der Waals surface area (Å²) in [5.41, 5.74) is 2.06. The minimum atomic E-state index is -0.300. The Kier molecular flexibility index (Phi) is 7.51. The number of aryl methyl sites for hydroxylation is 1. The highest BCUT2D eigenvalue weighted by atomic mass is 16.5. The topological polar surface area (TPSA) is 66.0 Å². The molecule has 0 aromatic heterocycles. The molecule has 0 bridgehead atoms. The molecule has 0 saturated heterocycles. The number of aliphatic imine (C=N–C) groups is 1. The molecule has 0 aliphatic heterocycles. The van der Waals surface area contributed by atoms with Crippen LogP contribution in [0.1, 0.15) is 36.8 Å². The average molecular weight is 375 g/mol. The van der Waals surface area contributed by atoms with Gasteiger partial charge in [0.15, 0.2) is 5.96 Å². The summed E-state index contributed by atoms with van der Waals surface area (Å²) in [6.45, 7) is 3.43. The molecule has 1 amide bonds. The van der Waals surface area contributed by atoms with E-state index in [1.807, 2.05) is 21.0 Å². The summed E-state index contributed by atoms with van der Waals surface area (Å²) < 4.78 is 5.39. The van der Waals surface area contributed by atoms with E-state index in [-0.39, 0.29) is 11.3 Å². The molecule has 150 valence electrons. The van der Waals surface area contributed by atoms with Gasteiger partial charge in [-0.25, -0.2) is 0 Å². The smallest absolute Gasteiger partial charge is 0.230 e. The van der Waals surface area contributed by atoms with E-state index in [4.69, 9.17) is 4.74 Å². The molecule has 0 unspecified atom stereocenters. The van der Waals surface area contributed by atoms with Crippen molar-refractivity contribution in [2.45, 2.75) is 39.0 Å². The third-order valence-electron chi connectivity index (χ3n) is 5.42. The molecule has 0 spiro atoms. The maximum Gasteiger partial charge on any atom is 0.230 e. The maximum atomic E-state index is 12.7. The second-order valence-electron chi connectivity index (χ2n) is 7.59. The molecule has 1 aliphatic carbocycles. The standard InChI is InChI=1S/C21H34N4O2/c1-16-8-9-17(14-18(16)27-5)10-13-23-20(22-2)24-15-21(11-6-7-12-21)19(26)25(3)4/h8-9,14H,6-7,10-13,15H2,1-5H3,(H2,22,23,24). The van der Waals surface area contributed by atoms with Crippen molar-refractivity contribution < 1.29 is 9.53 Å². The molecule has 6 heteroatoms. The summed E-state index contributed by atoms with van der Waals surface area (Å²) in [5, 5.41) is 6.73. The number of ether oxygens (including phenoxy) is 1. The molecule has 0 atom stereocenters. The number of rotatable bonds is 7. The van der Waals surface area contributed by atoms with Crippen molar-refractivity contribution in [3.05, 3.63) is 29.3 Å². The summed E-state index contributed by atoms with van der Waals surface area (Å²) in [6, 6.07) is 6.29. The quantitative estimate of drug-likeness (QED) is 0.568. The third-order valence-corrected chi connectivity index (χ3v) is 5.42. The van der Waals surface area contributed by atoms with Gasteiger partial charge in [0.25, 0.3) is 0 Å². The van der Waals surface area contributed by atoms with Crippen LogP contribution >= 0.6 is 0 Å². The lowest BCUT2D eigenvalue weighted by Crippen LogP contribution is -2.49. The molecule has 1 aliphatic rings. The SMILES string of the molecule is CN=C(NCCc1ccc(C)c(OC)c1)NCC1(C(=O)N(C)C)CCCC1. The van der Waals surface area contributed by atoms with Crippen LogP contribution in [-0.4, -0.2) is 58.1 Å². The summed E-state index contributed by atoms with van der Waals surface area (Å²) in [6.07, 6.45) is 4.98. The zero-order valence-corrected chi connectivity index (χ0v) is 17.4. The predicted molar refractivity (Wildman–Crippen MR) is 110 cm³/mol. The zero-order valence-electron chi connectivity index (χ0n) is 17.4. The van der Waals surface area contributed by atoms with Crippen molar-refractivity contribution in [3.63, 3.8) is 0 Å². The van der Waals surface area contributed by atoms with Gasteiger partial charge < -0.3 is 20.3 Å². The predicted octanol–water partition coefficient (Wildman–Crippen LogP) is 2.36. The van der Waals surface area contributed by atoms with Gasteiger partial charge in [-0.15, -0.1) is 0 Å². The largest absolute Gasteiger partial charge is 0.496 e. The Hall–Kier alpha value is -2.24. The molecule has 2 rings (SSSR count). The van der Waals surface area contributed by atoms with Crippen molar-refractivity contribution in [3.8, 4) is 5.75 Å². The van der Waals surface area contributed by atoms with Crippen molar-refractivity contribution in [2.24, 2.45) is 10.4 Å². The van der Waals surface area contributed by atoms with E-state index in [2.05, 4.69) is 33.8 Å². The summed E-state index contributed by atoms with van der Waals surface area (Å²) >= 11 is 0. The number of guanidine groups is 1. The van der Waals surface area contributed by atoms with E-state index in [1.54, 1.807) is 19.1 Å². The number of hydrogen-bond acceptors (Lipinski definition) is 3. The summed E-state index contributed by atoms with van der Waals surface area (Å²) in [5.74, 6) is 1.88. The zero-order chi connectivity index (χ0) is 19.9. The Morgan fingerprint density at radius 1 is 1.26 bits per heavy atom. The summed E-state index contributed by atoms with van der Waals surface area (Å²) in [4.78, 5) is 18.7. The highest BCUT2D eigenvalue weighted by molar-refractivity contribution is 5.85. The number of nitrogens with one attached hydrogen (secondary N) is 2. The molecule has 1 aromatic rings. The molecule has 0 heterocycles. The molecule has 1 saturated carbocycles. The number of nitrogens with zero attached hydrogens (tertiary/aromatic N) is 2. The van der Waals surface area contributed by atoms with E-state index in [1.165, 1.54) is 5.56 Å². The van der Waals surface area contributed by atoms with Crippen LogP contribution in [0.3, 0.4) is 0 Å². The lowest BCUT2D eigenvalue weighted by Gasteiger charge is -2.31. The molecule has 0 radical (unpaired) electrons. The minimum Gasteiger partial charge on any atom is -0.496 e. The van der Waals surface area contributed by atoms with Gasteiger partial charge >= 0.3 is 0 Å². The Balaban J connectivity index is 1.88. The second-order valence-corrected chi connectivity index (χ2v) is 7.59. The molecule has 1 fully saturated rings. The molecule has 6 nitrogen and oxygen atoms in total. The lowest BCUT2D eigenvalue weighted by molar-refractivity contribution is -0.138. The fourth-order valence-corrected chi connectivity index (χ4v) is 3.81. The van der Waals surface area contributed by atoms with Crippen LogP contribution in [0, 0.1) is 12.3 Å². The van der Waals surface area contributed by atoms with Crippen molar-refractivity contribution in [1.82, 2.24) is 15.5 Å². The van der Waals surface area contributed by atoms with E-state index >= 15 is 0 Å². The number of carbonyl (C=O) groups excluding carboxylic acids is 1. The van der Waals surface area contributed by atoms with Crippen molar-refractivity contribution >= 4 is 11.9 Å². The first-order valence-electron chi connectivity index (χ1n) is 9.71. The number of hydrogen-bond donors (Lipinski definition) is 2. The minimum absolute atomic E-state index is 0.217. The molecule has 27 heavy (non-hydrogen) atoms. The van der Waals surface area contributed by atoms with Gasteiger partial charge in [-0.05, 0) is 43.4 Å². The Morgan fingerprint density at radius 2 is 1.96 bits per heavy atom. The number of amides is 1. The van der Waals surface area contributed by atoms with Crippen LogP contribution in [0.25, 0.3) is 0 Å². The van der Waals surface area contributed by atoms with Gasteiger partial charge in [-0.1, -0.05) is 25.0 Å². The van der Waals surface area contributed by atoms with Crippen molar-refractivity contribution in [1.29, 1.82) is 0 Å². The van der Waals surface area contributed by atoms with E-state index in [0.717, 1.165) is 55.9 Å². The van der Waals surface area contributed by atoms with Gasteiger partial charge in [-0.2, -0.15) is 0 Å². The normalized spacial score (nSPS) is 16.1. The monoisotopic (exact) mass is 374 g/mol.